The van der Waals surface area contributed by atoms with Crippen LogP contribution < -0.4 is 20.5 Å². The first-order valence-corrected chi connectivity index (χ1v) is 5.68. The van der Waals surface area contributed by atoms with Crippen molar-refractivity contribution in [1.29, 1.82) is 0 Å². The van der Waals surface area contributed by atoms with E-state index in [-0.39, 0.29) is 5.82 Å². The van der Waals surface area contributed by atoms with Crippen LogP contribution >= 0.6 is 0 Å². The summed E-state index contributed by atoms with van der Waals surface area (Å²) in [5.41, 5.74) is 7.64. The van der Waals surface area contributed by atoms with Crippen molar-refractivity contribution in [3.63, 3.8) is 0 Å². The molecule has 0 saturated heterocycles. The van der Waals surface area contributed by atoms with Gasteiger partial charge in [-0.3, -0.25) is 0 Å². The Morgan fingerprint density at radius 1 is 1.05 bits per heavy atom. The highest BCUT2D eigenvalue weighted by atomic mass is 19.1. The van der Waals surface area contributed by atoms with Gasteiger partial charge in [0.1, 0.15) is 5.82 Å². The third-order valence-corrected chi connectivity index (χ3v) is 2.66. The molecule has 0 aliphatic carbocycles. The molecule has 2 rings (SSSR count). The molecule has 0 fully saturated rings. The summed E-state index contributed by atoms with van der Waals surface area (Å²) >= 11 is 0. The first-order valence-electron chi connectivity index (χ1n) is 5.68. The van der Waals surface area contributed by atoms with E-state index in [1.807, 2.05) is 0 Å². The molecule has 0 spiro atoms. The predicted octanol–water partition coefficient (Wildman–Crippen LogP) is 3.17. The summed E-state index contributed by atoms with van der Waals surface area (Å²) in [4.78, 5) is 0. The van der Waals surface area contributed by atoms with E-state index in [2.05, 4.69) is 5.32 Å². The molecule has 0 aliphatic rings. The van der Waals surface area contributed by atoms with Crippen molar-refractivity contribution in [2.24, 2.45) is 0 Å². The first-order chi connectivity index (χ1) is 9.13. The quantitative estimate of drug-likeness (QED) is 0.831. The van der Waals surface area contributed by atoms with Gasteiger partial charge in [-0.15, -0.1) is 0 Å². The van der Waals surface area contributed by atoms with Crippen LogP contribution in [-0.4, -0.2) is 14.2 Å². The predicted molar refractivity (Wildman–Crippen MR) is 73.6 cm³/mol. The van der Waals surface area contributed by atoms with Crippen LogP contribution in [0.1, 0.15) is 0 Å². The maximum atomic E-state index is 13.1. The number of hydrogen-bond donors (Lipinski definition) is 2. The van der Waals surface area contributed by atoms with Gasteiger partial charge in [-0.2, -0.15) is 0 Å². The van der Waals surface area contributed by atoms with Crippen LogP contribution in [0.2, 0.25) is 0 Å². The van der Waals surface area contributed by atoms with Gasteiger partial charge in [0, 0.05) is 17.8 Å². The number of rotatable bonds is 4. The molecule has 0 unspecified atom stereocenters. The number of ether oxygens (including phenoxy) is 2. The van der Waals surface area contributed by atoms with Gasteiger partial charge in [0.05, 0.1) is 25.6 Å². The number of halogens is 1. The summed E-state index contributed by atoms with van der Waals surface area (Å²) < 4.78 is 23.5. The third-order valence-electron chi connectivity index (χ3n) is 2.66. The van der Waals surface area contributed by atoms with Crippen molar-refractivity contribution in [2.45, 2.75) is 0 Å². The number of hydrogen-bond acceptors (Lipinski definition) is 4. The minimum absolute atomic E-state index is 0.316. The monoisotopic (exact) mass is 262 g/mol. The Morgan fingerprint density at radius 2 is 1.74 bits per heavy atom. The molecule has 4 nitrogen and oxygen atoms in total. The third kappa shape index (κ3) is 2.88. The van der Waals surface area contributed by atoms with Gasteiger partial charge in [-0.05, 0) is 18.2 Å². The number of nitrogens with one attached hydrogen (secondary N) is 1. The summed E-state index contributed by atoms with van der Waals surface area (Å²) in [6, 6.07) is 9.49. The van der Waals surface area contributed by atoms with Crippen LogP contribution in [0, 0.1) is 5.82 Å². The average Bonchev–Trinajstić information content (AvgIpc) is 2.40. The zero-order valence-corrected chi connectivity index (χ0v) is 10.7. The summed E-state index contributed by atoms with van der Waals surface area (Å²) in [5.74, 6) is 0.782. The first kappa shape index (κ1) is 13.0. The van der Waals surface area contributed by atoms with E-state index in [4.69, 9.17) is 15.2 Å². The number of benzene rings is 2. The Labute approximate surface area is 111 Å². The highest BCUT2D eigenvalue weighted by molar-refractivity contribution is 5.76. The van der Waals surface area contributed by atoms with Crippen LogP contribution in [-0.2, 0) is 0 Å². The lowest BCUT2D eigenvalue weighted by atomic mass is 10.2. The van der Waals surface area contributed by atoms with E-state index >= 15 is 0 Å². The van der Waals surface area contributed by atoms with E-state index in [9.17, 15) is 4.39 Å². The fourth-order valence-electron chi connectivity index (χ4n) is 1.72. The number of anilines is 3. The maximum Gasteiger partial charge on any atom is 0.162 e. The lowest BCUT2D eigenvalue weighted by Gasteiger charge is -2.14. The molecule has 100 valence electrons. The Bertz CT molecular complexity index is 588. The lowest BCUT2D eigenvalue weighted by molar-refractivity contribution is 0.355. The second-order valence-corrected chi connectivity index (χ2v) is 3.93. The average molecular weight is 262 g/mol. The normalized spacial score (nSPS) is 10.1. The van der Waals surface area contributed by atoms with Crippen molar-refractivity contribution >= 4 is 17.1 Å². The number of methoxy groups -OCH3 is 2. The summed E-state index contributed by atoms with van der Waals surface area (Å²) in [6.45, 7) is 0. The van der Waals surface area contributed by atoms with Gasteiger partial charge >= 0.3 is 0 Å². The maximum absolute atomic E-state index is 13.1. The molecule has 5 heteroatoms. The molecular weight excluding hydrogens is 247 g/mol. The van der Waals surface area contributed by atoms with Gasteiger partial charge in [0.15, 0.2) is 11.5 Å². The van der Waals surface area contributed by atoms with Crippen LogP contribution in [0.15, 0.2) is 36.4 Å². The van der Waals surface area contributed by atoms with Gasteiger partial charge in [-0.25, -0.2) is 4.39 Å². The highest BCUT2D eigenvalue weighted by Gasteiger charge is 2.09. The van der Waals surface area contributed by atoms with Gasteiger partial charge in [0.2, 0.25) is 0 Å². The van der Waals surface area contributed by atoms with Crippen LogP contribution in [0.4, 0.5) is 21.5 Å². The Kier molecular flexibility index (Phi) is 3.75. The van der Waals surface area contributed by atoms with E-state index in [1.54, 1.807) is 31.4 Å². The zero-order chi connectivity index (χ0) is 13.8. The summed E-state index contributed by atoms with van der Waals surface area (Å²) in [7, 11) is 3.08. The second kappa shape index (κ2) is 5.48. The van der Waals surface area contributed by atoms with Crippen molar-refractivity contribution in [3.05, 3.63) is 42.2 Å². The van der Waals surface area contributed by atoms with E-state index < -0.39 is 0 Å². The fourth-order valence-corrected chi connectivity index (χ4v) is 1.72. The van der Waals surface area contributed by atoms with Crippen molar-refractivity contribution < 1.29 is 13.9 Å². The Hall–Kier alpha value is -2.43. The fraction of sp³-hybridized carbons (Fsp3) is 0.143. The second-order valence-electron chi connectivity index (χ2n) is 3.93. The molecule has 0 amide bonds. The molecule has 0 aromatic heterocycles. The van der Waals surface area contributed by atoms with Crippen LogP contribution in [0.5, 0.6) is 11.5 Å². The molecule has 2 aromatic carbocycles. The Balaban J connectivity index is 2.35. The SMILES string of the molecule is COc1cc(N)c(Nc2cccc(F)c2)cc1OC. The van der Waals surface area contributed by atoms with Crippen molar-refractivity contribution in [2.75, 3.05) is 25.3 Å². The topological polar surface area (TPSA) is 56.5 Å². The van der Waals surface area contributed by atoms with Gasteiger partial charge < -0.3 is 20.5 Å². The summed E-state index contributed by atoms with van der Waals surface area (Å²) in [6.07, 6.45) is 0. The van der Waals surface area contributed by atoms with Gasteiger partial charge in [0.25, 0.3) is 0 Å². The van der Waals surface area contributed by atoms with Crippen LogP contribution in [0.3, 0.4) is 0 Å². The summed E-state index contributed by atoms with van der Waals surface area (Å²) in [5, 5.41) is 3.04. The lowest BCUT2D eigenvalue weighted by Crippen LogP contribution is -1.99. The molecule has 3 N–H and O–H groups in total. The van der Waals surface area contributed by atoms with Crippen LogP contribution in [0.25, 0.3) is 0 Å². The minimum atomic E-state index is -0.316. The van der Waals surface area contributed by atoms with E-state index in [0.717, 1.165) is 0 Å². The number of nitrogen functional groups attached to an aromatic ring is 1. The van der Waals surface area contributed by atoms with E-state index in [0.29, 0.717) is 28.6 Å². The van der Waals surface area contributed by atoms with Crippen molar-refractivity contribution in [1.82, 2.24) is 0 Å². The van der Waals surface area contributed by atoms with Crippen molar-refractivity contribution in [3.8, 4) is 11.5 Å². The molecule has 0 saturated carbocycles. The molecule has 0 bridgehead atoms. The molecule has 0 atom stereocenters. The Morgan fingerprint density at radius 3 is 2.37 bits per heavy atom. The largest absolute Gasteiger partial charge is 0.493 e. The molecule has 2 aromatic rings. The zero-order valence-electron chi connectivity index (χ0n) is 10.7. The number of nitrogens with two attached hydrogens (primary N) is 1. The molecule has 0 aliphatic heterocycles. The molecular formula is C14H15FN2O2. The van der Waals surface area contributed by atoms with E-state index in [1.165, 1.54) is 19.2 Å². The molecule has 19 heavy (non-hydrogen) atoms. The minimum Gasteiger partial charge on any atom is -0.493 e. The van der Waals surface area contributed by atoms with Gasteiger partial charge in [-0.1, -0.05) is 6.07 Å². The molecule has 0 radical (unpaired) electrons. The highest BCUT2D eigenvalue weighted by Crippen LogP contribution is 2.36. The smallest absolute Gasteiger partial charge is 0.162 e. The standard InChI is InChI=1S/C14H15FN2O2/c1-18-13-7-11(16)12(8-14(13)19-2)17-10-5-3-4-9(15)6-10/h3-8,17H,16H2,1-2H3. The molecule has 0 heterocycles.